The van der Waals surface area contributed by atoms with Crippen LogP contribution in [0.5, 0.6) is 0 Å². The van der Waals surface area contributed by atoms with Crippen molar-refractivity contribution in [1.82, 2.24) is 0 Å². The summed E-state index contributed by atoms with van der Waals surface area (Å²) in [7, 11) is 0. The minimum absolute atomic E-state index is 0.150. The summed E-state index contributed by atoms with van der Waals surface area (Å²) in [5.41, 5.74) is 18.9. The maximum atomic E-state index is 9.27. The van der Waals surface area contributed by atoms with Gasteiger partial charge in [-0.15, -0.1) is 0 Å². The third-order valence-corrected chi connectivity index (χ3v) is 9.71. The normalized spacial score (nSPS) is 60.0. The smallest absolute Gasteiger partial charge is 0.0496 e. The summed E-state index contributed by atoms with van der Waals surface area (Å²) in [4.78, 5) is 6.58. The highest BCUT2D eigenvalue weighted by Crippen LogP contribution is 2.93. The number of hydrogen-bond acceptors (Lipinski definition) is 2. The van der Waals surface area contributed by atoms with Crippen LogP contribution in [0.25, 0.3) is 20.9 Å². The number of azide groups is 2. The van der Waals surface area contributed by atoms with Crippen molar-refractivity contribution in [1.29, 1.82) is 0 Å². The van der Waals surface area contributed by atoms with Crippen LogP contribution in [0.3, 0.4) is 0 Å². The summed E-state index contributed by atoms with van der Waals surface area (Å²) in [6, 6.07) is 0. The van der Waals surface area contributed by atoms with E-state index in [1.54, 1.807) is 0 Å². The Hall–Kier alpha value is -1.38. The first-order valence-electron chi connectivity index (χ1n) is 10.0. The van der Waals surface area contributed by atoms with Crippen molar-refractivity contribution in [3.05, 3.63) is 20.9 Å². The average molecular weight is 340 g/mol. The first kappa shape index (κ1) is 15.8. The van der Waals surface area contributed by atoms with Gasteiger partial charge in [0.1, 0.15) is 0 Å². The second-order valence-electron chi connectivity index (χ2n) is 10.3. The SMILES string of the molecule is CCC1(N=[N+]=[N-])CC2CC34C5CC(N=[N+]=[N-])(CC2C)CC(C53)C4(C)C1. The Morgan fingerprint density at radius 2 is 1.72 bits per heavy atom. The Morgan fingerprint density at radius 1 is 1.00 bits per heavy atom. The van der Waals surface area contributed by atoms with Crippen molar-refractivity contribution in [2.75, 3.05) is 0 Å². The van der Waals surface area contributed by atoms with Gasteiger partial charge in [-0.25, -0.2) is 0 Å². The first-order chi connectivity index (χ1) is 11.9. The van der Waals surface area contributed by atoms with Crippen molar-refractivity contribution >= 4 is 0 Å². The van der Waals surface area contributed by atoms with E-state index in [2.05, 4.69) is 40.8 Å². The lowest BCUT2D eigenvalue weighted by molar-refractivity contribution is -0.0757. The van der Waals surface area contributed by atoms with E-state index in [0.717, 1.165) is 50.4 Å². The molecule has 0 amide bonds. The van der Waals surface area contributed by atoms with Crippen LogP contribution in [0, 0.1) is 40.4 Å². The molecule has 6 nitrogen and oxygen atoms in total. The molecule has 5 saturated carbocycles. The van der Waals surface area contributed by atoms with Crippen LogP contribution in [-0.2, 0) is 0 Å². The molecule has 5 aliphatic rings. The third kappa shape index (κ3) is 1.60. The third-order valence-electron chi connectivity index (χ3n) is 9.71. The van der Waals surface area contributed by atoms with E-state index in [9.17, 15) is 11.1 Å². The predicted molar refractivity (Wildman–Crippen MR) is 95.4 cm³/mol. The molecule has 5 fully saturated rings. The Bertz CT molecular complexity index is 738. The second kappa shape index (κ2) is 4.47. The maximum absolute atomic E-state index is 9.27. The molecule has 4 bridgehead atoms. The van der Waals surface area contributed by atoms with Gasteiger partial charge in [0.15, 0.2) is 0 Å². The molecule has 6 heteroatoms. The van der Waals surface area contributed by atoms with Crippen LogP contribution in [-0.4, -0.2) is 11.1 Å². The van der Waals surface area contributed by atoms with Gasteiger partial charge in [0.2, 0.25) is 0 Å². The zero-order chi connectivity index (χ0) is 17.7. The number of fused-ring (bicyclic) bond motifs is 3. The fraction of sp³-hybridized carbons (Fsp3) is 1.00. The summed E-state index contributed by atoms with van der Waals surface area (Å²) in [6.07, 6.45) is 7.48. The molecule has 0 aliphatic heterocycles. The Labute approximate surface area is 149 Å². The van der Waals surface area contributed by atoms with Crippen molar-refractivity contribution in [3.63, 3.8) is 0 Å². The highest BCUT2D eigenvalue weighted by atomic mass is 15.2. The van der Waals surface area contributed by atoms with Crippen LogP contribution in [0.4, 0.5) is 0 Å². The summed E-state index contributed by atoms with van der Waals surface area (Å²) < 4.78 is 0. The second-order valence-corrected chi connectivity index (χ2v) is 10.3. The molecule has 5 rings (SSSR count). The van der Waals surface area contributed by atoms with E-state index >= 15 is 0 Å². The van der Waals surface area contributed by atoms with Gasteiger partial charge in [-0.2, -0.15) is 0 Å². The largest absolute Gasteiger partial charge is 0.0872 e. The van der Waals surface area contributed by atoms with Crippen LogP contribution in [0.2, 0.25) is 0 Å². The molecule has 134 valence electrons. The molecule has 0 saturated heterocycles. The van der Waals surface area contributed by atoms with Crippen LogP contribution in [0.1, 0.15) is 65.7 Å². The lowest BCUT2D eigenvalue weighted by Crippen LogP contribution is -2.53. The van der Waals surface area contributed by atoms with Crippen LogP contribution < -0.4 is 0 Å². The van der Waals surface area contributed by atoms with E-state index in [4.69, 9.17) is 0 Å². The molecule has 5 aliphatic carbocycles. The molecule has 25 heavy (non-hydrogen) atoms. The molecular weight excluding hydrogens is 312 g/mol. The maximum Gasteiger partial charge on any atom is 0.0496 e. The van der Waals surface area contributed by atoms with Crippen molar-refractivity contribution < 1.29 is 0 Å². The minimum Gasteiger partial charge on any atom is -0.0872 e. The Kier molecular flexibility index (Phi) is 2.83. The van der Waals surface area contributed by atoms with Gasteiger partial charge in [0, 0.05) is 20.9 Å². The highest BCUT2D eigenvalue weighted by Gasteiger charge is 2.88. The molecule has 9 unspecified atom stereocenters. The van der Waals surface area contributed by atoms with Crippen molar-refractivity contribution in [2.24, 2.45) is 50.6 Å². The van der Waals surface area contributed by atoms with E-state index in [1.165, 1.54) is 6.42 Å². The standard InChI is InChI=1S/C19H28N6/c1-4-17(22-24-20)6-12-7-19-14-9-18(23-25-21,5-11(12)2)8-13(15(14)19)16(19,3)10-17/h11-15H,4-10H2,1-3H3. The number of nitrogens with zero attached hydrogens (tertiary/aromatic N) is 6. The fourth-order valence-corrected chi connectivity index (χ4v) is 8.83. The highest BCUT2D eigenvalue weighted by molar-refractivity contribution is 5.37. The zero-order valence-corrected chi connectivity index (χ0v) is 15.5. The van der Waals surface area contributed by atoms with Crippen LogP contribution >= 0.6 is 0 Å². The van der Waals surface area contributed by atoms with Crippen molar-refractivity contribution in [2.45, 2.75) is 76.8 Å². The molecule has 0 aromatic rings. The van der Waals surface area contributed by atoms with E-state index in [1.807, 2.05) is 0 Å². The zero-order valence-electron chi connectivity index (χ0n) is 15.5. The fourth-order valence-electron chi connectivity index (χ4n) is 8.83. The molecule has 0 N–H and O–H groups in total. The van der Waals surface area contributed by atoms with Crippen LogP contribution in [0.15, 0.2) is 10.2 Å². The molecule has 0 radical (unpaired) electrons. The summed E-state index contributed by atoms with van der Waals surface area (Å²) in [6.45, 7) is 7.03. The minimum atomic E-state index is -0.217. The van der Waals surface area contributed by atoms with Gasteiger partial charge in [0.05, 0.1) is 0 Å². The van der Waals surface area contributed by atoms with E-state index in [0.29, 0.717) is 23.2 Å². The monoisotopic (exact) mass is 340 g/mol. The first-order valence-corrected chi connectivity index (χ1v) is 10.0. The van der Waals surface area contributed by atoms with E-state index < -0.39 is 0 Å². The van der Waals surface area contributed by atoms with Gasteiger partial charge in [-0.05, 0) is 96.4 Å². The lowest BCUT2D eigenvalue weighted by atomic mass is 9.48. The number of rotatable bonds is 3. The van der Waals surface area contributed by atoms with Crippen molar-refractivity contribution in [3.8, 4) is 0 Å². The van der Waals surface area contributed by atoms with Gasteiger partial charge in [-0.1, -0.05) is 31.0 Å². The Balaban J connectivity index is 1.67. The lowest BCUT2D eigenvalue weighted by Gasteiger charge is -2.57. The van der Waals surface area contributed by atoms with Gasteiger partial charge < -0.3 is 0 Å². The summed E-state index contributed by atoms with van der Waals surface area (Å²) in [5, 5.41) is 8.85. The van der Waals surface area contributed by atoms with E-state index in [-0.39, 0.29) is 16.5 Å². The molecular formula is C19H28N6. The summed E-state index contributed by atoms with van der Waals surface area (Å²) in [5.74, 6) is 3.37. The quantitative estimate of drug-likeness (QED) is 0.342. The predicted octanol–water partition coefficient (Wildman–Crippen LogP) is 6.00. The van der Waals surface area contributed by atoms with Gasteiger partial charge >= 0.3 is 0 Å². The molecule has 0 heterocycles. The molecule has 0 aromatic carbocycles. The Morgan fingerprint density at radius 3 is 2.40 bits per heavy atom. The molecule has 0 aromatic heterocycles. The number of hydrogen-bond donors (Lipinski definition) is 0. The summed E-state index contributed by atoms with van der Waals surface area (Å²) >= 11 is 0. The van der Waals surface area contributed by atoms with Gasteiger partial charge in [0.25, 0.3) is 0 Å². The molecule has 1 spiro atoms. The topological polar surface area (TPSA) is 97.5 Å². The molecule has 9 atom stereocenters. The van der Waals surface area contributed by atoms with Gasteiger partial charge in [-0.3, -0.25) is 0 Å². The average Bonchev–Trinajstić information content (AvgIpc) is 3.19.